The topological polar surface area (TPSA) is 114 Å². The van der Waals surface area contributed by atoms with E-state index < -0.39 is 77.5 Å². The van der Waals surface area contributed by atoms with Gasteiger partial charge in [-0.1, -0.05) is 11.2 Å². The van der Waals surface area contributed by atoms with Crippen molar-refractivity contribution in [3.8, 4) is 0 Å². The number of alkyl halides is 9. The number of aromatic nitrogens is 4. The summed E-state index contributed by atoms with van der Waals surface area (Å²) in [5, 5.41) is 21.1. The fourth-order valence-electron chi connectivity index (χ4n) is 5.16. The van der Waals surface area contributed by atoms with Crippen LogP contribution in [0.2, 0.25) is 0 Å². The molecule has 1 aliphatic heterocycles. The van der Waals surface area contributed by atoms with Crippen molar-refractivity contribution in [3.05, 3.63) is 63.7 Å². The lowest BCUT2D eigenvalue weighted by molar-refractivity contribution is -0.149. The molecule has 19 heteroatoms. The van der Waals surface area contributed by atoms with Gasteiger partial charge in [-0.05, 0) is 79.8 Å². The minimum atomic E-state index is -5.15. The van der Waals surface area contributed by atoms with Crippen LogP contribution in [0.25, 0.3) is 0 Å². The molecule has 0 radical (unpaired) electrons. The Hall–Kier alpha value is -4.58. The van der Waals surface area contributed by atoms with Gasteiger partial charge in [0.25, 0.3) is 5.95 Å². The molecule has 0 bridgehead atoms. The van der Waals surface area contributed by atoms with Crippen LogP contribution < -0.4 is 9.80 Å². The van der Waals surface area contributed by atoms with Crippen LogP contribution in [0.15, 0.2) is 30.3 Å². The zero-order chi connectivity index (χ0) is 36.0. The molecule has 3 aromatic rings. The smallest absolute Gasteiger partial charge is 0.416 e. The Bertz CT molecular complexity index is 1650. The van der Waals surface area contributed by atoms with Crippen LogP contribution in [0.1, 0.15) is 66.1 Å². The number of hydrogen-bond donors (Lipinski definition) is 1. The number of hydrogen-bond acceptors (Lipinski definition) is 7. The first-order chi connectivity index (χ1) is 22.0. The summed E-state index contributed by atoms with van der Waals surface area (Å²) in [4.78, 5) is 27.9. The number of aryl methyl sites for hydroxylation is 2. The number of fused-ring (bicyclic) bond motifs is 1. The number of carboxylic acid groups (broad SMARTS) is 1. The minimum absolute atomic E-state index is 0.00550. The van der Waals surface area contributed by atoms with Gasteiger partial charge in [0.05, 0.1) is 40.9 Å². The molecule has 1 aliphatic rings. The molecule has 0 saturated heterocycles. The summed E-state index contributed by atoms with van der Waals surface area (Å²) in [5.41, 5.74) is -6.88. The number of benzene rings is 2. The molecule has 1 atom stereocenters. The van der Waals surface area contributed by atoms with Gasteiger partial charge in [0, 0.05) is 13.1 Å². The molecule has 1 N–H and O–H groups in total. The molecule has 0 saturated carbocycles. The van der Waals surface area contributed by atoms with Crippen molar-refractivity contribution in [3.63, 3.8) is 0 Å². The van der Waals surface area contributed by atoms with Crippen LogP contribution in [0, 0.1) is 12.3 Å². The number of amides is 1. The summed E-state index contributed by atoms with van der Waals surface area (Å²) in [6.45, 7) is 2.13. The van der Waals surface area contributed by atoms with Gasteiger partial charge in [0.1, 0.15) is 6.61 Å². The van der Waals surface area contributed by atoms with E-state index in [-0.39, 0.29) is 48.2 Å². The van der Waals surface area contributed by atoms with E-state index >= 15 is 0 Å². The molecule has 262 valence electrons. The zero-order valence-corrected chi connectivity index (χ0v) is 25.8. The van der Waals surface area contributed by atoms with E-state index in [2.05, 4.69) is 15.4 Å². The molecular formula is C29H29F9N6O4. The van der Waals surface area contributed by atoms with E-state index in [0.717, 1.165) is 22.7 Å². The van der Waals surface area contributed by atoms with E-state index in [1.807, 2.05) is 0 Å². The van der Waals surface area contributed by atoms with Crippen LogP contribution >= 0.6 is 0 Å². The first-order valence-corrected chi connectivity index (χ1v) is 14.2. The summed E-state index contributed by atoms with van der Waals surface area (Å²) < 4.78 is 130. The Morgan fingerprint density at radius 2 is 1.56 bits per heavy atom. The summed E-state index contributed by atoms with van der Waals surface area (Å²) in [6.07, 6.45) is -16.3. The number of ether oxygens (including phenoxy) is 1. The lowest BCUT2D eigenvalue weighted by atomic mass is 9.94. The van der Waals surface area contributed by atoms with E-state index in [9.17, 15) is 54.2 Å². The second-order valence-corrected chi connectivity index (χ2v) is 11.9. The highest BCUT2D eigenvalue weighted by atomic mass is 19.4. The SMILES string of the molecule is Cc1cc2c(cc1C(F)(F)F)N(C(=O)OCC(C)(C)C(=O)O)CCC[C@@H]2N(Cc1cc(C(F)(F)F)cc(C(F)(F)F)c1)c1nnn(C)n1. The third-order valence-electron chi connectivity index (χ3n) is 7.68. The monoisotopic (exact) mass is 696 g/mol. The molecule has 1 aromatic heterocycles. The number of anilines is 2. The highest BCUT2D eigenvalue weighted by Gasteiger charge is 2.41. The number of halogens is 9. The number of carbonyl (C=O) groups is 2. The van der Waals surface area contributed by atoms with Crippen LogP contribution in [-0.4, -0.2) is 50.5 Å². The molecule has 0 aliphatic carbocycles. The maximum atomic E-state index is 14.1. The predicted molar refractivity (Wildman–Crippen MR) is 150 cm³/mol. The molecule has 1 amide bonds. The van der Waals surface area contributed by atoms with Crippen molar-refractivity contribution in [2.24, 2.45) is 12.5 Å². The highest BCUT2D eigenvalue weighted by molar-refractivity contribution is 5.90. The maximum Gasteiger partial charge on any atom is 0.416 e. The number of rotatable bonds is 7. The van der Waals surface area contributed by atoms with Crippen molar-refractivity contribution in [2.75, 3.05) is 23.0 Å². The fraction of sp³-hybridized carbons (Fsp3) is 0.483. The van der Waals surface area contributed by atoms with Gasteiger partial charge in [0.15, 0.2) is 0 Å². The first-order valence-electron chi connectivity index (χ1n) is 14.2. The third-order valence-corrected chi connectivity index (χ3v) is 7.68. The Labute approximate surface area is 267 Å². The lowest BCUT2D eigenvalue weighted by Crippen LogP contribution is -2.37. The molecular weight excluding hydrogens is 667 g/mol. The average Bonchev–Trinajstić information content (AvgIpc) is 3.30. The molecule has 48 heavy (non-hydrogen) atoms. The van der Waals surface area contributed by atoms with E-state index in [4.69, 9.17) is 4.74 Å². The number of carboxylic acids is 1. The summed E-state index contributed by atoms with van der Waals surface area (Å²) in [7, 11) is 1.35. The van der Waals surface area contributed by atoms with Gasteiger partial charge >= 0.3 is 30.6 Å². The maximum absolute atomic E-state index is 14.1. The van der Waals surface area contributed by atoms with Crippen molar-refractivity contribution in [1.82, 2.24) is 20.2 Å². The summed E-state index contributed by atoms with van der Waals surface area (Å²) in [6, 6.07) is 1.70. The predicted octanol–water partition coefficient (Wildman–Crippen LogP) is 7.17. The molecule has 2 aromatic carbocycles. The zero-order valence-electron chi connectivity index (χ0n) is 25.8. The van der Waals surface area contributed by atoms with Gasteiger partial charge in [-0.25, -0.2) is 4.79 Å². The molecule has 2 heterocycles. The van der Waals surface area contributed by atoms with Crippen molar-refractivity contribution < 1.29 is 58.9 Å². The molecule has 0 fully saturated rings. The Balaban J connectivity index is 1.89. The second-order valence-electron chi connectivity index (χ2n) is 11.9. The normalized spacial score (nSPS) is 15.9. The first kappa shape index (κ1) is 36.3. The third kappa shape index (κ3) is 7.92. The quantitative estimate of drug-likeness (QED) is 0.259. The number of tetrazole rings is 1. The summed E-state index contributed by atoms with van der Waals surface area (Å²) in [5.74, 6) is -1.58. The van der Waals surface area contributed by atoms with Crippen LogP contribution in [-0.2, 0) is 41.7 Å². The standard InChI is InChI=1S/C29H29F9N6O4/c1-15-8-19-21(6-5-7-43(22(19)12-20(15)29(36,37)38)25(47)48-14-26(2,3)23(45)46)44(24-39-41-42(4)40-24)13-16-9-17(27(30,31)32)11-18(10-16)28(33,34)35/h8-12,21H,5-7,13-14H2,1-4H3,(H,45,46)/t21-/m0/s1. The van der Waals surface area contributed by atoms with Crippen molar-refractivity contribution >= 4 is 23.7 Å². The summed E-state index contributed by atoms with van der Waals surface area (Å²) >= 11 is 0. The molecule has 0 spiro atoms. The van der Waals surface area contributed by atoms with E-state index in [0.29, 0.717) is 18.2 Å². The second kappa shape index (κ2) is 12.8. The minimum Gasteiger partial charge on any atom is -0.481 e. The van der Waals surface area contributed by atoms with E-state index in [1.165, 1.54) is 25.8 Å². The Morgan fingerprint density at radius 1 is 0.958 bits per heavy atom. The Kier molecular flexibility index (Phi) is 9.66. The van der Waals surface area contributed by atoms with Crippen LogP contribution in [0.4, 0.5) is 55.9 Å². The van der Waals surface area contributed by atoms with Gasteiger partial charge in [0.2, 0.25) is 0 Å². The number of nitrogens with zero attached hydrogens (tertiary/aromatic N) is 6. The largest absolute Gasteiger partial charge is 0.481 e. The highest BCUT2D eigenvalue weighted by Crippen LogP contribution is 2.44. The number of carbonyl (C=O) groups excluding carboxylic acids is 1. The van der Waals surface area contributed by atoms with E-state index in [1.54, 1.807) is 0 Å². The molecule has 0 unspecified atom stereocenters. The van der Waals surface area contributed by atoms with Gasteiger partial charge in [-0.3, -0.25) is 9.69 Å². The van der Waals surface area contributed by atoms with Gasteiger partial charge in [-0.15, -0.1) is 5.10 Å². The average molecular weight is 697 g/mol. The van der Waals surface area contributed by atoms with Crippen molar-refractivity contribution in [1.29, 1.82) is 0 Å². The fourth-order valence-corrected chi connectivity index (χ4v) is 5.16. The lowest BCUT2D eigenvalue weighted by Gasteiger charge is -2.33. The number of aliphatic carboxylic acids is 1. The molecule has 10 nitrogen and oxygen atoms in total. The Morgan fingerprint density at radius 3 is 2.06 bits per heavy atom. The van der Waals surface area contributed by atoms with Crippen LogP contribution in [0.5, 0.6) is 0 Å². The molecule has 4 rings (SSSR count). The van der Waals surface area contributed by atoms with Gasteiger partial charge in [-0.2, -0.15) is 44.3 Å². The van der Waals surface area contributed by atoms with Crippen LogP contribution in [0.3, 0.4) is 0 Å². The van der Waals surface area contributed by atoms with Gasteiger partial charge < -0.3 is 14.7 Å². The van der Waals surface area contributed by atoms with Crippen molar-refractivity contribution in [2.45, 2.75) is 64.7 Å².